The molecule has 0 unspecified atom stereocenters. The van der Waals surface area contributed by atoms with Crippen molar-refractivity contribution in [3.05, 3.63) is 54.0 Å². The van der Waals surface area contributed by atoms with Crippen LogP contribution in [-0.4, -0.2) is 41.9 Å². The Balaban J connectivity index is 1.37. The molecule has 0 radical (unpaired) electrons. The standard InChI is InChI=1S/C24H26F2N6O2/c1-24(6-4-12-2-3-13-9-15(20(25)26)22(28)31-16(13)8-12)10-17(18(33)19(24)34)32-7-5-14-21(27)29-11-30-23(14)32/h2-3,5,7-9,11,17-20,33-34H,4,6,10H2,1H3,(H2,28,31)(H2,27,29,30)/t17-,18+,19+,24+/m1/s1. The molecular formula is C24H26F2N6O2. The molecule has 0 amide bonds. The minimum absolute atomic E-state index is 0.174. The van der Waals surface area contributed by atoms with Crippen LogP contribution in [0.3, 0.4) is 0 Å². The first-order valence-electron chi connectivity index (χ1n) is 11.1. The van der Waals surface area contributed by atoms with Crippen molar-refractivity contribution in [3.63, 3.8) is 0 Å². The summed E-state index contributed by atoms with van der Waals surface area (Å²) in [5.74, 6) is 0.193. The van der Waals surface area contributed by atoms with Crippen LogP contribution in [0.1, 0.15) is 43.4 Å². The smallest absolute Gasteiger partial charge is 0.267 e. The van der Waals surface area contributed by atoms with E-state index in [9.17, 15) is 19.0 Å². The Morgan fingerprint density at radius 1 is 1.15 bits per heavy atom. The molecular weight excluding hydrogens is 442 g/mol. The number of rotatable bonds is 5. The first-order chi connectivity index (χ1) is 16.2. The van der Waals surface area contributed by atoms with Gasteiger partial charge in [-0.05, 0) is 48.4 Å². The summed E-state index contributed by atoms with van der Waals surface area (Å²) in [6, 6.07) is 8.27. The van der Waals surface area contributed by atoms with Crippen LogP contribution in [0.2, 0.25) is 0 Å². The number of nitrogens with two attached hydrogens (primary N) is 2. The van der Waals surface area contributed by atoms with Gasteiger partial charge < -0.3 is 26.2 Å². The molecule has 4 atom stereocenters. The summed E-state index contributed by atoms with van der Waals surface area (Å²) in [6.45, 7) is 1.96. The van der Waals surface area contributed by atoms with E-state index in [1.54, 1.807) is 6.07 Å². The van der Waals surface area contributed by atoms with Crippen molar-refractivity contribution in [2.75, 3.05) is 11.5 Å². The molecule has 0 spiro atoms. The number of anilines is 2. The van der Waals surface area contributed by atoms with Crippen molar-refractivity contribution >= 4 is 33.6 Å². The highest BCUT2D eigenvalue weighted by Gasteiger charge is 2.50. The Bertz CT molecular complexity index is 1380. The predicted octanol–water partition coefficient (Wildman–Crippen LogP) is 3.39. The summed E-state index contributed by atoms with van der Waals surface area (Å²) >= 11 is 0. The second-order valence-electron chi connectivity index (χ2n) is 9.37. The Hall–Kier alpha value is -3.37. The zero-order chi connectivity index (χ0) is 24.2. The van der Waals surface area contributed by atoms with E-state index in [0.29, 0.717) is 47.0 Å². The van der Waals surface area contributed by atoms with Crippen molar-refractivity contribution in [2.45, 2.75) is 50.9 Å². The van der Waals surface area contributed by atoms with Gasteiger partial charge in [0.25, 0.3) is 6.43 Å². The van der Waals surface area contributed by atoms with Gasteiger partial charge in [0, 0.05) is 11.6 Å². The van der Waals surface area contributed by atoms with Crippen LogP contribution in [0, 0.1) is 5.41 Å². The van der Waals surface area contributed by atoms with Gasteiger partial charge in [-0.2, -0.15) is 0 Å². The molecule has 4 aromatic rings. The monoisotopic (exact) mass is 468 g/mol. The van der Waals surface area contributed by atoms with E-state index in [4.69, 9.17) is 11.5 Å². The predicted molar refractivity (Wildman–Crippen MR) is 125 cm³/mol. The van der Waals surface area contributed by atoms with Crippen LogP contribution >= 0.6 is 0 Å². The molecule has 1 aliphatic carbocycles. The molecule has 0 aliphatic heterocycles. The molecule has 6 N–H and O–H groups in total. The van der Waals surface area contributed by atoms with Crippen LogP contribution in [-0.2, 0) is 6.42 Å². The number of aryl methyl sites for hydroxylation is 1. The first-order valence-corrected chi connectivity index (χ1v) is 11.1. The van der Waals surface area contributed by atoms with E-state index in [1.165, 1.54) is 12.4 Å². The van der Waals surface area contributed by atoms with Crippen LogP contribution in [0.15, 0.2) is 42.9 Å². The molecule has 178 valence electrons. The number of benzene rings is 1. The lowest BCUT2D eigenvalue weighted by atomic mass is 9.80. The fraction of sp³-hybridized carbons (Fsp3) is 0.375. The summed E-state index contributed by atoms with van der Waals surface area (Å²) in [6.07, 6.45) is 0.376. The third-order valence-corrected chi connectivity index (χ3v) is 7.17. The van der Waals surface area contributed by atoms with Gasteiger partial charge in [-0.1, -0.05) is 19.1 Å². The molecule has 3 heterocycles. The Morgan fingerprint density at radius 3 is 2.71 bits per heavy atom. The van der Waals surface area contributed by atoms with Crippen LogP contribution in [0.4, 0.5) is 20.4 Å². The van der Waals surface area contributed by atoms with E-state index in [0.717, 1.165) is 5.56 Å². The van der Waals surface area contributed by atoms with E-state index >= 15 is 0 Å². The second kappa shape index (κ2) is 8.14. The Kier molecular flexibility index (Phi) is 5.37. The summed E-state index contributed by atoms with van der Waals surface area (Å²) in [4.78, 5) is 12.5. The fourth-order valence-electron chi connectivity index (χ4n) is 5.12. The molecule has 0 bridgehead atoms. The summed E-state index contributed by atoms with van der Waals surface area (Å²) < 4.78 is 28.1. The molecule has 0 saturated heterocycles. The van der Waals surface area contributed by atoms with Crippen molar-refractivity contribution in [1.82, 2.24) is 19.5 Å². The van der Waals surface area contributed by atoms with Crippen LogP contribution < -0.4 is 11.5 Å². The van der Waals surface area contributed by atoms with E-state index in [1.807, 2.05) is 35.9 Å². The number of fused-ring (bicyclic) bond motifs is 2. The molecule has 10 heteroatoms. The molecule has 8 nitrogen and oxygen atoms in total. The average Bonchev–Trinajstić information content (AvgIpc) is 3.33. The molecule has 1 saturated carbocycles. The van der Waals surface area contributed by atoms with Gasteiger partial charge in [-0.15, -0.1) is 0 Å². The summed E-state index contributed by atoms with van der Waals surface area (Å²) in [5, 5.41) is 23.2. The maximum atomic E-state index is 13.1. The van der Waals surface area contributed by atoms with Crippen LogP contribution in [0.5, 0.6) is 0 Å². The number of hydrogen-bond donors (Lipinski definition) is 4. The third-order valence-electron chi connectivity index (χ3n) is 7.17. The van der Waals surface area contributed by atoms with Crippen molar-refractivity contribution in [1.29, 1.82) is 0 Å². The third kappa shape index (κ3) is 3.63. The van der Waals surface area contributed by atoms with Crippen LogP contribution in [0.25, 0.3) is 21.9 Å². The van der Waals surface area contributed by atoms with Gasteiger partial charge in [-0.3, -0.25) is 0 Å². The lowest BCUT2D eigenvalue weighted by molar-refractivity contribution is -0.0241. The number of aromatic nitrogens is 4. The molecule has 5 rings (SSSR count). The zero-order valence-corrected chi connectivity index (χ0v) is 18.6. The minimum atomic E-state index is -2.68. The maximum Gasteiger partial charge on any atom is 0.267 e. The Morgan fingerprint density at radius 2 is 1.94 bits per heavy atom. The van der Waals surface area contributed by atoms with E-state index in [2.05, 4.69) is 15.0 Å². The van der Waals surface area contributed by atoms with Crippen molar-refractivity contribution < 1.29 is 19.0 Å². The zero-order valence-electron chi connectivity index (χ0n) is 18.6. The first kappa shape index (κ1) is 22.4. The maximum absolute atomic E-state index is 13.1. The molecule has 1 fully saturated rings. The van der Waals surface area contributed by atoms with Gasteiger partial charge in [-0.25, -0.2) is 23.7 Å². The number of aliphatic hydroxyl groups excluding tert-OH is 2. The quantitative estimate of drug-likeness (QED) is 0.352. The molecule has 1 aromatic carbocycles. The fourth-order valence-corrected chi connectivity index (χ4v) is 5.12. The van der Waals surface area contributed by atoms with E-state index < -0.39 is 24.0 Å². The average molecular weight is 469 g/mol. The lowest BCUT2D eigenvalue weighted by Crippen LogP contribution is -2.35. The highest BCUT2D eigenvalue weighted by molar-refractivity contribution is 5.86. The number of hydrogen-bond acceptors (Lipinski definition) is 7. The highest BCUT2D eigenvalue weighted by Crippen LogP contribution is 2.48. The van der Waals surface area contributed by atoms with Gasteiger partial charge in [0.1, 0.15) is 29.7 Å². The second-order valence-corrected chi connectivity index (χ2v) is 9.37. The van der Waals surface area contributed by atoms with E-state index in [-0.39, 0.29) is 17.4 Å². The highest BCUT2D eigenvalue weighted by atomic mass is 19.3. The SMILES string of the molecule is C[C@]1(CCc2ccc3cc(C(F)F)c(N)nc3c2)C[C@@H](n2ccc3c(N)ncnc32)[C@H](O)[C@@H]1O. The number of nitrogens with zero attached hydrogens (tertiary/aromatic N) is 4. The number of nitrogen functional groups attached to an aromatic ring is 2. The normalized spacial score (nSPS) is 25.1. The largest absolute Gasteiger partial charge is 0.390 e. The number of halogens is 2. The number of pyridine rings is 1. The minimum Gasteiger partial charge on any atom is -0.390 e. The van der Waals surface area contributed by atoms with Gasteiger partial charge in [0.05, 0.1) is 28.6 Å². The molecule has 3 aromatic heterocycles. The lowest BCUT2D eigenvalue weighted by Gasteiger charge is -2.28. The topological polar surface area (TPSA) is 136 Å². The van der Waals surface area contributed by atoms with Crippen molar-refractivity contribution in [3.8, 4) is 0 Å². The van der Waals surface area contributed by atoms with Gasteiger partial charge in [0.2, 0.25) is 0 Å². The van der Waals surface area contributed by atoms with Crippen molar-refractivity contribution in [2.24, 2.45) is 5.41 Å². The number of aliphatic hydroxyl groups is 2. The van der Waals surface area contributed by atoms with Gasteiger partial charge in [0.15, 0.2) is 0 Å². The Labute approximate surface area is 194 Å². The summed E-state index contributed by atoms with van der Waals surface area (Å²) in [7, 11) is 0. The molecule has 1 aliphatic rings. The summed E-state index contributed by atoms with van der Waals surface area (Å²) in [5.41, 5.74) is 12.9. The number of alkyl halides is 2. The van der Waals surface area contributed by atoms with Gasteiger partial charge >= 0.3 is 0 Å². The molecule has 34 heavy (non-hydrogen) atoms.